The van der Waals surface area contributed by atoms with Gasteiger partial charge in [-0.1, -0.05) is 77.4 Å². The zero-order valence-electron chi connectivity index (χ0n) is 35.5. The lowest BCUT2D eigenvalue weighted by Crippen LogP contribution is -2.40. The molecule has 0 atom stereocenters. The van der Waals surface area contributed by atoms with Gasteiger partial charge in [-0.2, -0.15) is 0 Å². The maximum absolute atomic E-state index is 13.4. The Morgan fingerprint density at radius 3 is 1.24 bits per heavy atom. The first-order valence-electron chi connectivity index (χ1n) is 19.2. The van der Waals surface area contributed by atoms with Gasteiger partial charge in [0.1, 0.15) is 30.1 Å². The van der Waals surface area contributed by atoms with Crippen LogP contribution >= 0.6 is 11.6 Å². The summed E-state index contributed by atoms with van der Waals surface area (Å²) in [6, 6.07) is 25.2. The van der Waals surface area contributed by atoms with Crippen molar-refractivity contribution in [3.8, 4) is 33.6 Å². The Labute approximate surface area is 346 Å². The van der Waals surface area contributed by atoms with Crippen LogP contribution in [-0.4, -0.2) is 52.4 Å². The van der Waals surface area contributed by atoms with Gasteiger partial charge < -0.3 is 10.6 Å². The lowest BCUT2D eigenvalue weighted by Gasteiger charge is -2.22. The Hall–Kier alpha value is -5.68. The zero-order chi connectivity index (χ0) is 42.8. The molecule has 0 saturated heterocycles. The predicted molar refractivity (Wildman–Crippen MR) is 230 cm³/mol. The fraction of sp³-hybridized carbons (Fsp3) is 0.348. The lowest BCUT2D eigenvalue weighted by molar-refractivity contribution is 0.0910. The molecule has 12 heteroatoms. The van der Waals surface area contributed by atoms with Gasteiger partial charge in [-0.15, -0.1) is 20.4 Å². The number of carbonyl (C=O) groups excluding carboxylic acids is 2. The van der Waals surface area contributed by atoms with E-state index in [1.165, 1.54) is 12.1 Å². The van der Waals surface area contributed by atoms with Crippen molar-refractivity contribution in [3.05, 3.63) is 131 Å². The molecule has 0 radical (unpaired) electrons. The van der Waals surface area contributed by atoms with Crippen LogP contribution in [0.2, 0.25) is 5.02 Å². The molecule has 0 aliphatic carbocycles. The molecule has 6 rings (SSSR count). The van der Waals surface area contributed by atoms with Crippen LogP contribution in [0.5, 0.6) is 0 Å². The number of aromatic nitrogens is 6. The summed E-state index contributed by atoms with van der Waals surface area (Å²) in [7, 11) is 0. The molecule has 0 fully saturated rings. The fourth-order valence-corrected chi connectivity index (χ4v) is 6.20. The second-order valence-electron chi connectivity index (χ2n) is 18.5. The third kappa shape index (κ3) is 11.2. The van der Waals surface area contributed by atoms with E-state index in [2.05, 4.69) is 72.6 Å². The first-order valence-corrected chi connectivity index (χ1v) is 19.5. The van der Waals surface area contributed by atoms with E-state index in [9.17, 15) is 14.0 Å². The lowest BCUT2D eigenvalue weighted by atomic mass is 9.95. The molecule has 10 nitrogen and oxygen atoms in total. The topological polar surface area (TPSA) is 120 Å². The van der Waals surface area contributed by atoms with Crippen LogP contribution in [0.15, 0.2) is 97.6 Å². The number of nitrogens with one attached hydrogen (secondary N) is 2. The number of hydrogen-bond acceptors (Lipinski definition) is 6. The summed E-state index contributed by atoms with van der Waals surface area (Å²) in [6.07, 6.45) is 3.34. The van der Waals surface area contributed by atoms with Crippen LogP contribution < -0.4 is 10.6 Å². The largest absolute Gasteiger partial charge is 0.347 e. The number of rotatable bonds is 6. The van der Waals surface area contributed by atoms with E-state index in [1.54, 1.807) is 24.8 Å². The van der Waals surface area contributed by atoms with Crippen LogP contribution in [0.4, 0.5) is 4.39 Å². The maximum atomic E-state index is 13.4. The smallest absolute Gasteiger partial charge is 0.251 e. The van der Waals surface area contributed by atoms with Crippen molar-refractivity contribution in [1.29, 1.82) is 0 Å². The normalized spacial score (nSPS) is 12.1. The molecule has 6 aromatic rings. The Bertz CT molecular complexity index is 2220. The number of hydrogen-bond donors (Lipinski definition) is 2. The quantitative estimate of drug-likeness (QED) is 0.173. The number of carbonyl (C=O) groups is 2. The molecular weight excluding hydrogens is 751 g/mol. The molecule has 0 unspecified atom stereocenters. The number of halogens is 2. The highest BCUT2D eigenvalue weighted by Crippen LogP contribution is 2.30. The van der Waals surface area contributed by atoms with Gasteiger partial charge in [-0.25, -0.2) is 4.39 Å². The first-order chi connectivity index (χ1) is 26.9. The number of nitrogens with zero attached hydrogens (tertiary/aromatic N) is 6. The van der Waals surface area contributed by atoms with E-state index in [4.69, 9.17) is 11.6 Å². The minimum Gasteiger partial charge on any atom is -0.347 e. The second-order valence-corrected chi connectivity index (χ2v) is 18.9. The van der Waals surface area contributed by atoms with Gasteiger partial charge in [0.05, 0.1) is 0 Å². The molecule has 2 N–H and O–H groups in total. The highest BCUT2D eigenvalue weighted by Gasteiger charge is 2.25. The van der Waals surface area contributed by atoms with Crippen LogP contribution in [0.1, 0.15) is 115 Å². The van der Waals surface area contributed by atoms with E-state index < -0.39 is 0 Å². The van der Waals surface area contributed by atoms with E-state index in [0.717, 1.165) is 45.3 Å². The van der Waals surface area contributed by atoms with Crippen LogP contribution in [0.3, 0.4) is 0 Å². The van der Waals surface area contributed by atoms with E-state index in [-0.39, 0.29) is 39.5 Å². The molecule has 304 valence electrons. The molecule has 0 bridgehead atoms. The number of amides is 2. The van der Waals surface area contributed by atoms with Crippen LogP contribution in [0.25, 0.3) is 33.6 Å². The standard InChI is InChI=1S/C23H27ClN4O.C23H27FN4O/c2*1-22(2,3)21-27-25-14-28(21)19-12-16(15-7-9-18(24)10-8-15)11-17(13-19)20(29)26-23(4,5)6/h2*7-14H,1-6H3,(H,26,29). The van der Waals surface area contributed by atoms with E-state index >= 15 is 0 Å². The van der Waals surface area contributed by atoms with E-state index in [0.29, 0.717) is 16.1 Å². The third-order valence-electron chi connectivity index (χ3n) is 8.69. The van der Waals surface area contributed by atoms with Crippen LogP contribution in [0, 0.1) is 5.82 Å². The van der Waals surface area contributed by atoms with Gasteiger partial charge in [-0.05, 0) is 124 Å². The number of benzene rings is 4. The van der Waals surface area contributed by atoms with Crippen molar-refractivity contribution in [1.82, 2.24) is 40.2 Å². The highest BCUT2D eigenvalue weighted by molar-refractivity contribution is 6.30. The summed E-state index contributed by atoms with van der Waals surface area (Å²) in [6.45, 7) is 24.1. The summed E-state index contributed by atoms with van der Waals surface area (Å²) in [5.74, 6) is 1.02. The van der Waals surface area contributed by atoms with Gasteiger partial charge in [-0.3, -0.25) is 18.7 Å². The van der Waals surface area contributed by atoms with Crippen molar-refractivity contribution in [2.75, 3.05) is 0 Å². The summed E-state index contributed by atoms with van der Waals surface area (Å²) in [5.41, 5.74) is 5.14. The average Bonchev–Trinajstić information content (AvgIpc) is 3.83. The maximum Gasteiger partial charge on any atom is 0.251 e. The predicted octanol–water partition coefficient (Wildman–Crippen LogP) is 10.3. The van der Waals surface area contributed by atoms with Gasteiger partial charge >= 0.3 is 0 Å². The molecule has 2 heterocycles. The molecule has 0 aliphatic heterocycles. The monoisotopic (exact) mass is 804 g/mol. The van der Waals surface area contributed by atoms with Gasteiger partial charge in [0.25, 0.3) is 11.8 Å². The Morgan fingerprint density at radius 2 is 0.897 bits per heavy atom. The van der Waals surface area contributed by atoms with Crippen molar-refractivity contribution < 1.29 is 14.0 Å². The molecule has 58 heavy (non-hydrogen) atoms. The van der Waals surface area contributed by atoms with Gasteiger partial charge in [0.15, 0.2) is 0 Å². The van der Waals surface area contributed by atoms with E-state index in [1.807, 2.05) is 111 Å². The Kier molecular flexibility index (Phi) is 12.5. The van der Waals surface area contributed by atoms with Crippen molar-refractivity contribution in [3.63, 3.8) is 0 Å². The van der Waals surface area contributed by atoms with Crippen molar-refractivity contribution in [2.24, 2.45) is 0 Å². The Balaban J connectivity index is 0.000000221. The van der Waals surface area contributed by atoms with Crippen LogP contribution in [-0.2, 0) is 10.8 Å². The summed E-state index contributed by atoms with van der Waals surface area (Å²) in [5, 5.41) is 23.5. The molecule has 0 saturated carbocycles. The minimum atomic E-state index is -0.365. The Morgan fingerprint density at radius 1 is 0.534 bits per heavy atom. The second kappa shape index (κ2) is 16.7. The van der Waals surface area contributed by atoms with Crippen molar-refractivity contribution >= 4 is 23.4 Å². The summed E-state index contributed by atoms with van der Waals surface area (Å²) < 4.78 is 17.2. The summed E-state index contributed by atoms with van der Waals surface area (Å²) >= 11 is 6.05. The SMILES string of the molecule is CC(C)(C)NC(=O)c1cc(-c2ccc(Cl)cc2)cc(-n2cnnc2C(C)(C)C)c1.CC(C)(C)NC(=O)c1cc(-c2ccc(F)cc2)cc(-n2cnnc2C(C)(C)C)c1. The van der Waals surface area contributed by atoms with Gasteiger partial charge in [0.2, 0.25) is 0 Å². The molecule has 2 aromatic heterocycles. The average molecular weight is 805 g/mol. The zero-order valence-corrected chi connectivity index (χ0v) is 36.2. The van der Waals surface area contributed by atoms with Crippen molar-refractivity contribution in [2.45, 2.75) is 105 Å². The molecular formula is C46H54ClFN8O2. The third-order valence-corrected chi connectivity index (χ3v) is 8.94. The fourth-order valence-electron chi connectivity index (χ4n) is 6.08. The molecule has 2 amide bonds. The summed E-state index contributed by atoms with van der Waals surface area (Å²) in [4.78, 5) is 25.8. The molecule has 4 aromatic carbocycles. The first kappa shape index (κ1) is 43.4. The minimum absolute atomic E-state index is 0.125. The molecule has 0 spiro atoms. The molecule has 0 aliphatic rings. The van der Waals surface area contributed by atoms with Gasteiger partial charge in [0, 0.05) is 49.4 Å². The highest BCUT2D eigenvalue weighted by atomic mass is 35.5.